The second-order valence-corrected chi connectivity index (χ2v) is 3.51. The van der Waals surface area contributed by atoms with Crippen LogP contribution in [0.5, 0.6) is 0 Å². The van der Waals surface area contributed by atoms with Gasteiger partial charge in [0.05, 0.1) is 38.6 Å². The van der Waals surface area contributed by atoms with Crippen molar-refractivity contribution >= 4 is 0 Å². The summed E-state index contributed by atoms with van der Waals surface area (Å²) in [4.78, 5) is 0. The fraction of sp³-hybridized carbons (Fsp3) is 1.00. The van der Waals surface area contributed by atoms with Crippen LogP contribution in [0.25, 0.3) is 0 Å². The third-order valence-electron chi connectivity index (χ3n) is 1.13. The molecule has 0 atom stereocenters. The summed E-state index contributed by atoms with van der Waals surface area (Å²) in [5.74, 6) is 0. The molecule has 0 amide bonds. The molecule has 0 fully saturated rings. The van der Waals surface area contributed by atoms with Gasteiger partial charge in [-0.25, -0.2) is 0 Å². The van der Waals surface area contributed by atoms with Crippen LogP contribution in [0.15, 0.2) is 0 Å². The maximum atomic E-state index is 9.02. The normalized spacial score (nSPS) is 10.8. The zero-order valence-electron chi connectivity index (χ0n) is 9.90. The third kappa shape index (κ3) is 24.8. The molecule has 0 spiro atoms. The van der Waals surface area contributed by atoms with E-state index in [2.05, 4.69) is 4.74 Å². The molecule has 0 aliphatic carbocycles. The molecule has 0 aromatic heterocycles. The Morgan fingerprint density at radius 3 is 1.67 bits per heavy atom. The summed E-state index contributed by atoms with van der Waals surface area (Å²) in [7, 11) is 0. The molecule has 0 saturated carbocycles. The summed E-state index contributed by atoms with van der Waals surface area (Å²) in [5.41, 5.74) is -0.671. The lowest BCUT2D eigenvalue weighted by molar-refractivity contribution is -0.0169. The first-order valence-electron chi connectivity index (χ1n) is 5.07. The van der Waals surface area contributed by atoms with E-state index in [0.717, 1.165) is 0 Å². The lowest BCUT2D eigenvalue weighted by atomic mass is 10.2. The van der Waals surface area contributed by atoms with Gasteiger partial charge in [-0.05, 0) is 20.8 Å². The van der Waals surface area contributed by atoms with Crippen LogP contribution in [0, 0.1) is 0 Å². The molecular formula is C10H24O5. The van der Waals surface area contributed by atoms with Gasteiger partial charge in [0, 0.05) is 6.61 Å². The van der Waals surface area contributed by atoms with E-state index in [0.29, 0.717) is 26.4 Å². The first-order valence-corrected chi connectivity index (χ1v) is 5.07. The van der Waals surface area contributed by atoms with Gasteiger partial charge >= 0.3 is 0 Å². The molecule has 0 aliphatic heterocycles. The van der Waals surface area contributed by atoms with Crippen molar-refractivity contribution in [2.75, 3.05) is 39.6 Å². The van der Waals surface area contributed by atoms with Gasteiger partial charge in [0.2, 0.25) is 0 Å². The third-order valence-corrected chi connectivity index (χ3v) is 1.13. The largest absolute Gasteiger partial charge is 0.394 e. The van der Waals surface area contributed by atoms with Gasteiger partial charge in [-0.2, -0.15) is 0 Å². The first kappa shape index (κ1) is 17.2. The van der Waals surface area contributed by atoms with Crippen molar-refractivity contribution in [1.29, 1.82) is 0 Å². The quantitative estimate of drug-likeness (QED) is 0.521. The van der Waals surface area contributed by atoms with E-state index < -0.39 is 5.60 Å². The second-order valence-electron chi connectivity index (χ2n) is 3.51. The van der Waals surface area contributed by atoms with Gasteiger partial charge in [-0.15, -0.1) is 0 Å². The van der Waals surface area contributed by atoms with Crippen molar-refractivity contribution in [3.05, 3.63) is 0 Å². The van der Waals surface area contributed by atoms with E-state index >= 15 is 0 Å². The van der Waals surface area contributed by atoms with Crippen molar-refractivity contribution in [3.63, 3.8) is 0 Å². The van der Waals surface area contributed by atoms with Gasteiger partial charge in [0.1, 0.15) is 0 Å². The topological polar surface area (TPSA) is 79.2 Å². The number of rotatable bonds is 7. The standard InChI is InChI=1S/C6H14O2.C4H10O3/c1-4-8-5-6(2,3)7;5-1-3-7-4-2-6/h7H,4-5H2,1-3H3;5-6H,1-4H2. The molecule has 0 saturated heterocycles. The van der Waals surface area contributed by atoms with Gasteiger partial charge in [-0.1, -0.05) is 0 Å². The Bertz CT molecular complexity index is 107. The molecule has 0 radical (unpaired) electrons. The summed E-state index contributed by atoms with van der Waals surface area (Å²) >= 11 is 0. The Labute approximate surface area is 91.6 Å². The highest BCUT2D eigenvalue weighted by Gasteiger charge is 2.10. The van der Waals surface area contributed by atoms with E-state index in [-0.39, 0.29) is 13.2 Å². The average Bonchev–Trinajstić information content (AvgIpc) is 2.16. The monoisotopic (exact) mass is 224 g/mol. The van der Waals surface area contributed by atoms with Crippen molar-refractivity contribution < 1.29 is 24.8 Å². The number of hydrogen-bond donors (Lipinski definition) is 3. The van der Waals surface area contributed by atoms with E-state index in [4.69, 9.17) is 20.1 Å². The van der Waals surface area contributed by atoms with Crippen molar-refractivity contribution in [3.8, 4) is 0 Å². The molecule has 0 aromatic rings. The minimum absolute atomic E-state index is 0.0278. The maximum absolute atomic E-state index is 9.02. The maximum Gasteiger partial charge on any atom is 0.0824 e. The predicted octanol–water partition coefficient (Wildman–Crippen LogP) is -0.219. The van der Waals surface area contributed by atoms with Gasteiger partial charge in [0.25, 0.3) is 0 Å². The molecule has 3 N–H and O–H groups in total. The molecule has 0 rings (SSSR count). The van der Waals surface area contributed by atoms with E-state index in [1.54, 1.807) is 13.8 Å². The summed E-state index contributed by atoms with van der Waals surface area (Å²) < 4.78 is 9.58. The lowest BCUT2D eigenvalue weighted by Crippen LogP contribution is -2.25. The Morgan fingerprint density at radius 1 is 1.00 bits per heavy atom. The lowest BCUT2D eigenvalue weighted by Gasteiger charge is -2.15. The molecule has 0 heterocycles. The van der Waals surface area contributed by atoms with Crippen LogP contribution in [0.1, 0.15) is 20.8 Å². The molecule has 0 bridgehead atoms. The van der Waals surface area contributed by atoms with Crippen LogP contribution in [0.4, 0.5) is 0 Å². The molecule has 15 heavy (non-hydrogen) atoms. The summed E-state index contributed by atoms with van der Waals surface area (Å²) in [5, 5.41) is 25.2. The zero-order valence-corrected chi connectivity index (χ0v) is 9.90. The Balaban J connectivity index is 0. The summed E-state index contributed by atoms with van der Waals surface area (Å²) in [6, 6.07) is 0. The minimum atomic E-state index is -0.671. The van der Waals surface area contributed by atoms with Gasteiger partial charge < -0.3 is 24.8 Å². The highest BCUT2D eigenvalue weighted by molar-refractivity contribution is 4.61. The average molecular weight is 224 g/mol. The Hall–Kier alpha value is -0.200. The van der Waals surface area contributed by atoms with Crippen LogP contribution >= 0.6 is 0 Å². The van der Waals surface area contributed by atoms with Crippen LogP contribution in [-0.2, 0) is 9.47 Å². The zero-order chi connectivity index (χ0) is 12.2. The van der Waals surface area contributed by atoms with Crippen LogP contribution in [0.3, 0.4) is 0 Å². The number of hydrogen-bond acceptors (Lipinski definition) is 5. The molecule has 0 unspecified atom stereocenters. The minimum Gasteiger partial charge on any atom is -0.394 e. The van der Waals surface area contributed by atoms with Crippen LogP contribution < -0.4 is 0 Å². The fourth-order valence-electron chi connectivity index (χ4n) is 0.583. The Morgan fingerprint density at radius 2 is 1.47 bits per heavy atom. The van der Waals surface area contributed by atoms with E-state index in [9.17, 15) is 0 Å². The molecule has 94 valence electrons. The summed E-state index contributed by atoms with van der Waals surface area (Å²) in [6.45, 7) is 7.14. The van der Waals surface area contributed by atoms with Crippen molar-refractivity contribution in [1.82, 2.24) is 0 Å². The highest BCUT2D eigenvalue weighted by atomic mass is 16.5. The SMILES string of the molecule is CCOCC(C)(C)O.OCCOCCO. The molecule has 5 heteroatoms. The molecular weight excluding hydrogens is 200 g/mol. The number of aliphatic hydroxyl groups is 3. The molecule has 5 nitrogen and oxygen atoms in total. The van der Waals surface area contributed by atoms with Crippen molar-refractivity contribution in [2.24, 2.45) is 0 Å². The fourth-order valence-corrected chi connectivity index (χ4v) is 0.583. The number of aliphatic hydroxyl groups excluding tert-OH is 2. The van der Waals surface area contributed by atoms with E-state index in [1.165, 1.54) is 0 Å². The smallest absolute Gasteiger partial charge is 0.0824 e. The van der Waals surface area contributed by atoms with Crippen molar-refractivity contribution in [2.45, 2.75) is 26.4 Å². The Kier molecular flexibility index (Phi) is 13.6. The van der Waals surface area contributed by atoms with Crippen LogP contribution in [0.2, 0.25) is 0 Å². The van der Waals surface area contributed by atoms with Gasteiger partial charge in [-0.3, -0.25) is 0 Å². The second kappa shape index (κ2) is 11.9. The first-order chi connectivity index (χ1) is 6.97. The van der Waals surface area contributed by atoms with E-state index in [1.807, 2.05) is 6.92 Å². The molecule has 0 aliphatic rings. The summed E-state index contributed by atoms with van der Waals surface area (Å²) in [6.07, 6.45) is 0. The van der Waals surface area contributed by atoms with Gasteiger partial charge in [0.15, 0.2) is 0 Å². The number of ether oxygens (including phenoxy) is 2. The molecule has 0 aromatic carbocycles. The highest BCUT2D eigenvalue weighted by Crippen LogP contribution is 1.99. The van der Waals surface area contributed by atoms with Crippen LogP contribution in [-0.4, -0.2) is 60.6 Å². The predicted molar refractivity (Wildman–Crippen MR) is 57.8 cm³/mol.